The van der Waals surface area contributed by atoms with Crippen molar-refractivity contribution in [3.63, 3.8) is 0 Å². The summed E-state index contributed by atoms with van der Waals surface area (Å²) < 4.78 is 0. The average Bonchev–Trinajstić information content (AvgIpc) is 2.32. The molecule has 3 N–H and O–H groups in total. The minimum absolute atomic E-state index is 0.225. The largest absolute Gasteiger partial charge is 0.271 e. The summed E-state index contributed by atoms with van der Waals surface area (Å²) in [6, 6.07) is 5.75. The fourth-order valence-electron chi connectivity index (χ4n) is 1.50. The molecule has 0 spiro atoms. The topological polar surface area (TPSA) is 38.0 Å². The number of hydrazine groups is 1. The van der Waals surface area contributed by atoms with E-state index in [1.54, 1.807) is 6.07 Å². The zero-order valence-corrected chi connectivity index (χ0v) is 12.2. The molecule has 0 saturated heterocycles. The van der Waals surface area contributed by atoms with Gasteiger partial charge in [-0.3, -0.25) is 11.3 Å². The van der Waals surface area contributed by atoms with Crippen LogP contribution in [0.4, 0.5) is 0 Å². The van der Waals surface area contributed by atoms with Gasteiger partial charge >= 0.3 is 0 Å². The third-order valence-electron chi connectivity index (χ3n) is 2.38. The van der Waals surface area contributed by atoms with Gasteiger partial charge in [0.1, 0.15) is 0 Å². The Bertz CT molecular complexity index is 347. The van der Waals surface area contributed by atoms with Crippen LogP contribution < -0.4 is 11.3 Å². The van der Waals surface area contributed by atoms with Gasteiger partial charge in [-0.25, -0.2) is 0 Å². The van der Waals surface area contributed by atoms with E-state index in [2.05, 4.69) is 12.3 Å². The number of benzene rings is 1. The Morgan fingerprint density at radius 1 is 1.41 bits per heavy atom. The standard InChI is InChI=1S/C12H18Cl2N2S/c1-2-5-17-8-11(16-15)7-9-6-10(13)3-4-12(9)14/h3-4,6,11,16H,2,5,7-8,15H2,1H3. The minimum atomic E-state index is 0.225. The van der Waals surface area contributed by atoms with Crippen LogP contribution in [0.15, 0.2) is 18.2 Å². The SMILES string of the molecule is CCCSCC(Cc1cc(Cl)ccc1Cl)NN. The number of rotatable bonds is 7. The van der Waals surface area contributed by atoms with Gasteiger partial charge in [-0.05, 0) is 42.4 Å². The minimum Gasteiger partial charge on any atom is -0.271 e. The Morgan fingerprint density at radius 3 is 2.82 bits per heavy atom. The zero-order chi connectivity index (χ0) is 12.7. The van der Waals surface area contributed by atoms with Crippen molar-refractivity contribution < 1.29 is 0 Å². The molecule has 96 valence electrons. The van der Waals surface area contributed by atoms with E-state index in [0.717, 1.165) is 28.5 Å². The molecular weight excluding hydrogens is 275 g/mol. The van der Waals surface area contributed by atoms with E-state index in [9.17, 15) is 0 Å². The second kappa shape index (κ2) is 8.22. The quantitative estimate of drug-likeness (QED) is 0.459. The summed E-state index contributed by atoms with van der Waals surface area (Å²) in [6.07, 6.45) is 1.98. The predicted molar refractivity (Wildman–Crippen MR) is 78.9 cm³/mol. The summed E-state index contributed by atoms with van der Waals surface area (Å²) in [4.78, 5) is 0. The van der Waals surface area contributed by atoms with E-state index in [1.807, 2.05) is 23.9 Å². The van der Waals surface area contributed by atoms with Gasteiger partial charge in [0.05, 0.1) is 0 Å². The van der Waals surface area contributed by atoms with Gasteiger partial charge in [-0.2, -0.15) is 11.8 Å². The van der Waals surface area contributed by atoms with Crippen molar-refractivity contribution in [2.24, 2.45) is 5.84 Å². The highest BCUT2D eigenvalue weighted by Gasteiger charge is 2.10. The normalized spacial score (nSPS) is 12.7. The van der Waals surface area contributed by atoms with Crippen molar-refractivity contribution in [2.45, 2.75) is 25.8 Å². The van der Waals surface area contributed by atoms with Crippen LogP contribution in [-0.4, -0.2) is 17.5 Å². The van der Waals surface area contributed by atoms with Crippen molar-refractivity contribution >= 4 is 35.0 Å². The van der Waals surface area contributed by atoms with Gasteiger partial charge in [0, 0.05) is 21.8 Å². The fraction of sp³-hybridized carbons (Fsp3) is 0.500. The highest BCUT2D eigenvalue weighted by Crippen LogP contribution is 2.22. The van der Waals surface area contributed by atoms with Gasteiger partial charge in [-0.1, -0.05) is 30.1 Å². The molecule has 1 rings (SSSR count). The summed E-state index contributed by atoms with van der Waals surface area (Å²) in [5.74, 6) is 7.69. The van der Waals surface area contributed by atoms with E-state index in [4.69, 9.17) is 29.0 Å². The smallest absolute Gasteiger partial charge is 0.0439 e. The third kappa shape index (κ3) is 5.49. The Kier molecular flexibility index (Phi) is 7.32. The van der Waals surface area contributed by atoms with Crippen LogP contribution in [0.25, 0.3) is 0 Å². The second-order valence-electron chi connectivity index (χ2n) is 3.88. The maximum Gasteiger partial charge on any atom is 0.0439 e. The first-order valence-corrected chi connectivity index (χ1v) is 7.56. The second-order valence-corrected chi connectivity index (χ2v) is 5.87. The van der Waals surface area contributed by atoms with Gasteiger partial charge in [0.25, 0.3) is 0 Å². The first-order valence-electron chi connectivity index (χ1n) is 5.65. The molecule has 0 amide bonds. The first-order chi connectivity index (χ1) is 8.17. The molecule has 1 unspecified atom stereocenters. The first kappa shape index (κ1) is 15.1. The van der Waals surface area contributed by atoms with E-state index < -0.39 is 0 Å². The van der Waals surface area contributed by atoms with Crippen molar-refractivity contribution in [1.82, 2.24) is 5.43 Å². The molecule has 1 aromatic carbocycles. The molecule has 0 fully saturated rings. The molecule has 1 atom stereocenters. The molecule has 0 radical (unpaired) electrons. The van der Waals surface area contributed by atoms with Crippen molar-refractivity contribution in [3.05, 3.63) is 33.8 Å². The molecular formula is C12H18Cl2N2S. The molecule has 2 nitrogen and oxygen atoms in total. The Hall–Kier alpha value is 0.0700. The number of hydrogen-bond acceptors (Lipinski definition) is 3. The number of nitrogens with two attached hydrogens (primary N) is 1. The van der Waals surface area contributed by atoms with E-state index in [1.165, 1.54) is 6.42 Å². The highest BCUT2D eigenvalue weighted by molar-refractivity contribution is 7.99. The highest BCUT2D eigenvalue weighted by atomic mass is 35.5. The molecule has 0 aliphatic heterocycles. The van der Waals surface area contributed by atoms with Crippen LogP contribution in [0, 0.1) is 0 Å². The molecule has 0 heterocycles. The van der Waals surface area contributed by atoms with E-state index >= 15 is 0 Å². The van der Waals surface area contributed by atoms with Crippen molar-refractivity contribution in [1.29, 1.82) is 0 Å². The summed E-state index contributed by atoms with van der Waals surface area (Å²) in [6.45, 7) is 2.17. The van der Waals surface area contributed by atoms with Crippen molar-refractivity contribution in [3.8, 4) is 0 Å². The lowest BCUT2D eigenvalue weighted by Crippen LogP contribution is -2.38. The predicted octanol–water partition coefficient (Wildman–Crippen LogP) is 3.51. The van der Waals surface area contributed by atoms with Gasteiger partial charge in [0.2, 0.25) is 0 Å². The maximum atomic E-state index is 6.12. The lowest BCUT2D eigenvalue weighted by atomic mass is 10.1. The molecule has 0 aliphatic carbocycles. The molecule has 5 heteroatoms. The number of thioether (sulfide) groups is 1. The van der Waals surface area contributed by atoms with Gasteiger partial charge in [-0.15, -0.1) is 0 Å². The molecule has 0 bridgehead atoms. The Labute approximate surface area is 117 Å². The van der Waals surface area contributed by atoms with Crippen LogP contribution in [0.5, 0.6) is 0 Å². The van der Waals surface area contributed by atoms with Gasteiger partial charge < -0.3 is 0 Å². The maximum absolute atomic E-state index is 6.12. The monoisotopic (exact) mass is 292 g/mol. The van der Waals surface area contributed by atoms with Crippen LogP contribution in [-0.2, 0) is 6.42 Å². The lowest BCUT2D eigenvalue weighted by Gasteiger charge is -2.16. The molecule has 17 heavy (non-hydrogen) atoms. The molecule has 0 saturated carbocycles. The van der Waals surface area contributed by atoms with Crippen LogP contribution in [0.3, 0.4) is 0 Å². The number of hydrogen-bond donors (Lipinski definition) is 2. The van der Waals surface area contributed by atoms with Crippen LogP contribution >= 0.6 is 35.0 Å². The lowest BCUT2D eigenvalue weighted by molar-refractivity contribution is 0.575. The average molecular weight is 293 g/mol. The third-order valence-corrected chi connectivity index (χ3v) is 4.32. The molecule has 0 aromatic heterocycles. The Balaban J connectivity index is 2.57. The fourth-order valence-corrected chi connectivity index (χ4v) is 2.84. The van der Waals surface area contributed by atoms with Crippen molar-refractivity contribution in [2.75, 3.05) is 11.5 Å². The number of nitrogens with one attached hydrogen (secondary N) is 1. The van der Waals surface area contributed by atoms with E-state index in [0.29, 0.717) is 5.02 Å². The van der Waals surface area contributed by atoms with Crippen LogP contribution in [0.2, 0.25) is 10.0 Å². The molecule has 1 aromatic rings. The summed E-state index contributed by atoms with van der Waals surface area (Å²) in [5, 5.41) is 1.46. The van der Waals surface area contributed by atoms with E-state index in [-0.39, 0.29) is 6.04 Å². The molecule has 0 aliphatic rings. The summed E-state index contributed by atoms with van der Waals surface area (Å²) >= 11 is 14.0. The number of halogens is 2. The summed E-state index contributed by atoms with van der Waals surface area (Å²) in [7, 11) is 0. The summed E-state index contributed by atoms with van der Waals surface area (Å²) in [5.41, 5.74) is 3.87. The Morgan fingerprint density at radius 2 is 2.18 bits per heavy atom. The van der Waals surface area contributed by atoms with Crippen LogP contribution in [0.1, 0.15) is 18.9 Å². The zero-order valence-electron chi connectivity index (χ0n) is 9.88. The van der Waals surface area contributed by atoms with Gasteiger partial charge in [0.15, 0.2) is 0 Å².